The van der Waals surface area contributed by atoms with Gasteiger partial charge in [-0.05, 0) is 47.1 Å². The van der Waals surface area contributed by atoms with Gasteiger partial charge in [0.1, 0.15) is 42.6 Å². The van der Waals surface area contributed by atoms with Gasteiger partial charge in [0, 0.05) is 12.8 Å². The number of hydrogen-bond donors (Lipinski definition) is 5. The Labute approximate surface area is 234 Å². The van der Waals surface area contributed by atoms with Crippen molar-refractivity contribution < 1.29 is 53.4 Å². The Morgan fingerprint density at radius 3 is 1.98 bits per heavy atom. The van der Waals surface area contributed by atoms with Gasteiger partial charge in [-0.2, -0.15) is 0 Å². The van der Waals surface area contributed by atoms with Gasteiger partial charge in [-0.3, -0.25) is 4.79 Å². The average molecular weight is 571 g/mol. The number of hydrogen-bond acceptors (Lipinski definition) is 11. The van der Waals surface area contributed by atoms with Crippen LogP contribution in [0.3, 0.4) is 0 Å². The minimum absolute atomic E-state index is 0.0777. The van der Waals surface area contributed by atoms with Crippen molar-refractivity contribution in [1.82, 2.24) is 10.6 Å². The van der Waals surface area contributed by atoms with Gasteiger partial charge in [-0.1, -0.05) is 30.3 Å². The van der Waals surface area contributed by atoms with Gasteiger partial charge in [0.15, 0.2) is 0 Å². The summed E-state index contributed by atoms with van der Waals surface area (Å²) in [6.45, 7) is 8.53. The molecule has 0 aliphatic heterocycles. The van der Waals surface area contributed by atoms with Crippen LogP contribution in [-0.4, -0.2) is 94.8 Å². The Balaban J connectivity index is 2.54. The number of esters is 2. The molecule has 0 saturated carbocycles. The summed E-state index contributed by atoms with van der Waals surface area (Å²) in [5, 5.41) is 35.2. The lowest BCUT2D eigenvalue weighted by atomic mass is 10.1. The van der Waals surface area contributed by atoms with Gasteiger partial charge in [-0.25, -0.2) is 14.4 Å². The van der Waals surface area contributed by atoms with E-state index in [1.54, 1.807) is 71.9 Å². The predicted octanol–water partition coefficient (Wildman–Crippen LogP) is 1.21. The van der Waals surface area contributed by atoms with Crippen molar-refractivity contribution in [3.63, 3.8) is 0 Å². The molecular weight excluding hydrogens is 528 g/mol. The Morgan fingerprint density at radius 2 is 1.40 bits per heavy atom. The molecule has 13 heteroatoms. The molecule has 0 saturated heterocycles. The normalized spacial score (nSPS) is 14.6. The maximum atomic E-state index is 12.7. The summed E-state index contributed by atoms with van der Waals surface area (Å²) in [6.07, 6.45) is -6.75. The summed E-state index contributed by atoms with van der Waals surface area (Å²) in [5.41, 5.74) is -0.807. The molecule has 226 valence electrons. The van der Waals surface area contributed by atoms with Crippen LogP contribution in [-0.2, 0) is 35.0 Å². The van der Waals surface area contributed by atoms with E-state index in [0.29, 0.717) is 0 Å². The lowest BCUT2D eigenvalue weighted by Crippen LogP contribution is -2.47. The highest BCUT2D eigenvalue weighted by Gasteiger charge is 2.30. The molecule has 0 spiro atoms. The number of aliphatic hydroxyl groups is 3. The molecule has 40 heavy (non-hydrogen) atoms. The molecule has 0 aliphatic rings. The fraction of sp³-hybridized carbons (Fsp3) is 0.630. The van der Waals surface area contributed by atoms with E-state index in [-0.39, 0.29) is 19.4 Å². The molecule has 0 radical (unpaired) electrons. The third-order valence-corrected chi connectivity index (χ3v) is 4.90. The molecule has 0 unspecified atom stereocenters. The SMILES string of the molecule is CC(C)(C)OC(=O)NCC(=O)OCC[C@@H](O)[C@H](O)[C@H](O)COC(=O)[C@H](Cc1ccccc1)NC(=O)OC(C)(C)C. The molecule has 1 aromatic carbocycles. The molecule has 0 bridgehead atoms. The monoisotopic (exact) mass is 570 g/mol. The highest BCUT2D eigenvalue weighted by atomic mass is 16.6. The number of carbonyl (C=O) groups excluding carboxylic acids is 4. The maximum absolute atomic E-state index is 12.7. The smallest absolute Gasteiger partial charge is 0.408 e. The molecule has 1 aromatic rings. The molecule has 1 rings (SSSR count). The summed E-state index contributed by atoms with van der Waals surface area (Å²) in [5.74, 6) is -1.69. The van der Waals surface area contributed by atoms with E-state index < -0.39 is 72.8 Å². The van der Waals surface area contributed by atoms with Crippen LogP contribution in [0.1, 0.15) is 53.5 Å². The Kier molecular flexibility index (Phi) is 13.8. The van der Waals surface area contributed by atoms with Crippen LogP contribution < -0.4 is 10.6 Å². The summed E-state index contributed by atoms with van der Waals surface area (Å²) >= 11 is 0. The number of rotatable bonds is 13. The quantitative estimate of drug-likeness (QED) is 0.169. The number of alkyl carbamates (subject to hydrolysis) is 2. The first-order valence-electron chi connectivity index (χ1n) is 12.8. The molecule has 0 heterocycles. The fourth-order valence-electron chi connectivity index (χ4n) is 3.09. The van der Waals surface area contributed by atoms with Gasteiger partial charge in [0.05, 0.1) is 12.7 Å². The van der Waals surface area contributed by atoms with E-state index in [0.717, 1.165) is 5.56 Å². The van der Waals surface area contributed by atoms with E-state index in [2.05, 4.69) is 10.6 Å². The third-order valence-electron chi connectivity index (χ3n) is 4.90. The summed E-state index contributed by atoms with van der Waals surface area (Å²) in [6, 6.07) is 7.69. The standard InChI is InChI=1S/C27H42N2O11/c1-26(2,3)39-24(35)28-15-21(32)37-13-12-19(30)22(33)20(31)16-38-23(34)18(14-17-10-8-7-9-11-17)29-25(36)40-27(4,5)6/h7-11,18-20,22,30-31,33H,12-16H2,1-6H3,(H,28,35)(H,29,36)/t18-,19+,20+,22-/m0/s1. The van der Waals surface area contributed by atoms with E-state index in [9.17, 15) is 34.5 Å². The van der Waals surface area contributed by atoms with Crippen molar-refractivity contribution in [1.29, 1.82) is 0 Å². The summed E-state index contributed by atoms with van der Waals surface area (Å²) in [7, 11) is 0. The number of nitrogens with one attached hydrogen (secondary N) is 2. The van der Waals surface area contributed by atoms with Crippen LogP contribution in [0.5, 0.6) is 0 Å². The summed E-state index contributed by atoms with van der Waals surface area (Å²) in [4.78, 5) is 48.3. The molecule has 0 fully saturated rings. The first-order valence-corrected chi connectivity index (χ1v) is 12.8. The molecule has 0 aliphatic carbocycles. The number of carbonyl (C=O) groups is 4. The zero-order chi connectivity index (χ0) is 30.5. The van der Waals surface area contributed by atoms with E-state index in [1.807, 2.05) is 0 Å². The number of benzene rings is 1. The van der Waals surface area contributed by atoms with Crippen molar-refractivity contribution in [2.45, 2.75) is 89.9 Å². The minimum Gasteiger partial charge on any atom is -0.464 e. The van der Waals surface area contributed by atoms with Crippen LogP contribution in [0.2, 0.25) is 0 Å². The average Bonchev–Trinajstić information content (AvgIpc) is 2.83. The largest absolute Gasteiger partial charge is 0.464 e. The molecule has 4 atom stereocenters. The van der Waals surface area contributed by atoms with Gasteiger partial charge < -0.3 is 44.9 Å². The molecule has 0 aromatic heterocycles. The lowest BCUT2D eigenvalue weighted by molar-refractivity contribution is -0.155. The first kappa shape index (κ1) is 34.6. The van der Waals surface area contributed by atoms with Crippen LogP contribution in [0, 0.1) is 0 Å². The van der Waals surface area contributed by atoms with E-state index >= 15 is 0 Å². The zero-order valence-corrected chi connectivity index (χ0v) is 23.8. The molecular formula is C27H42N2O11. The van der Waals surface area contributed by atoms with Crippen LogP contribution in [0.25, 0.3) is 0 Å². The predicted molar refractivity (Wildman–Crippen MR) is 142 cm³/mol. The third kappa shape index (κ3) is 15.2. The van der Waals surface area contributed by atoms with Crippen LogP contribution >= 0.6 is 0 Å². The van der Waals surface area contributed by atoms with Crippen molar-refractivity contribution in [2.75, 3.05) is 19.8 Å². The maximum Gasteiger partial charge on any atom is 0.408 e. The Hall–Kier alpha value is -3.42. The van der Waals surface area contributed by atoms with Gasteiger partial charge in [-0.15, -0.1) is 0 Å². The topological polar surface area (TPSA) is 190 Å². The Bertz CT molecular complexity index is 957. The number of amides is 2. The van der Waals surface area contributed by atoms with Crippen molar-refractivity contribution >= 4 is 24.1 Å². The zero-order valence-electron chi connectivity index (χ0n) is 23.8. The van der Waals surface area contributed by atoms with Crippen LogP contribution in [0.15, 0.2) is 30.3 Å². The molecule has 2 amide bonds. The second-order valence-corrected chi connectivity index (χ2v) is 11.0. The van der Waals surface area contributed by atoms with Gasteiger partial charge in [0.2, 0.25) is 0 Å². The second kappa shape index (κ2) is 16.0. The van der Waals surface area contributed by atoms with Crippen molar-refractivity contribution in [2.24, 2.45) is 0 Å². The molecule has 5 N–H and O–H groups in total. The van der Waals surface area contributed by atoms with Crippen LogP contribution in [0.4, 0.5) is 9.59 Å². The summed E-state index contributed by atoms with van der Waals surface area (Å²) < 4.78 is 20.2. The highest BCUT2D eigenvalue weighted by Crippen LogP contribution is 2.11. The number of aliphatic hydroxyl groups excluding tert-OH is 3. The van der Waals surface area contributed by atoms with Crippen molar-refractivity contribution in [3.05, 3.63) is 35.9 Å². The fourth-order valence-corrected chi connectivity index (χ4v) is 3.09. The van der Waals surface area contributed by atoms with Gasteiger partial charge >= 0.3 is 24.1 Å². The lowest BCUT2D eigenvalue weighted by Gasteiger charge is -2.25. The van der Waals surface area contributed by atoms with E-state index in [4.69, 9.17) is 18.9 Å². The van der Waals surface area contributed by atoms with Crippen molar-refractivity contribution in [3.8, 4) is 0 Å². The van der Waals surface area contributed by atoms with Gasteiger partial charge in [0.25, 0.3) is 0 Å². The highest BCUT2D eigenvalue weighted by molar-refractivity contribution is 5.82. The molecule has 13 nitrogen and oxygen atoms in total. The Morgan fingerprint density at radius 1 is 0.825 bits per heavy atom. The number of ether oxygens (including phenoxy) is 4. The first-order chi connectivity index (χ1) is 18.5. The second-order valence-electron chi connectivity index (χ2n) is 11.0. The minimum atomic E-state index is -1.74. The van der Waals surface area contributed by atoms with E-state index in [1.165, 1.54) is 0 Å².